The minimum Gasteiger partial charge on any atom is -0.405 e. The molecule has 2 N–H and O–H groups in total. The summed E-state index contributed by atoms with van der Waals surface area (Å²) < 4.78 is 0. The van der Waals surface area contributed by atoms with Gasteiger partial charge in [-0.3, -0.25) is 0 Å². The molecule has 0 heterocycles. The number of rotatable bonds is 3. The van der Waals surface area contributed by atoms with E-state index in [-0.39, 0.29) is 0 Å². The van der Waals surface area contributed by atoms with Gasteiger partial charge in [-0.15, -0.1) is 0 Å². The zero-order valence-electron chi connectivity index (χ0n) is 8.14. The van der Waals surface area contributed by atoms with Gasteiger partial charge in [-0.1, -0.05) is 25.0 Å². The highest BCUT2D eigenvalue weighted by Crippen LogP contribution is 2.49. The molecule has 0 saturated heterocycles. The largest absolute Gasteiger partial charge is 0.405 e. The fraction of sp³-hybridized carbons (Fsp3) is 0.636. The molecule has 68 valence electrons. The average Bonchev–Trinajstić information content (AvgIpc) is 2.00. The van der Waals surface area contributed by atoms with Crippen LogP contribution in [0.2, 0.25) is 0 Å². The van der Waals surface area contributed by atoms with Crippen molar-refractivity contribution >= 4 is 0 Å². The van der Waals surface area contributed by atoms with Crippen LogP contribution in [-0.4, -0.2) is 0 Å². The Hall–Kier alpha value is -0.720. The summed E-state index contributed by atoms with van der Waals surface area (Å²) in [7, 11) is 0. The lowest BCUT2D eigenvalue weighted by Gasteiger charge is -2.42. The van der Waals surface area contributed by atoms with E-state index in [1.807, 2.05) is 6.08 Å². The molecule has 1 saturated carbocycles. The van der Waals surface area contributed by atoms with E-state index in [9.17, 15) is 0 Å². The van der Waals surface area contributed by atoms with Crippen molar-refractivity contribution in [2.75, 3.05) is 0 Å². The van der Waals surface area contributed by atoms with Gasteiger partial charge in [-0.2, -0.15) is 0 Å². The third-order valence-corrected chi connectivity index (χ3v) is 3.28. The van der Waals surface area contributed by atoms with Crippen molar-refractivity contribution in [1.29, 1.82) is 0 Å². The van der Waals surface area contributed by atoms with Gasteiger partial charge in [0.15, 0.2) is 0 Å². The van der Waals surface area contributed by atoms with Crippen molar-refractivity contribution in [1.82, 2.24) is 0 Å². The summed E-state index contributed by atoms with van der Waals surface area (Å²) in [6.07, 6.45) is 11.1. The molecule has 1 fully saturated rings. The number of hydrogen-bond acceptors (Lipinski definition) is 1. The molecule has 0 aromatic heterocycles. The highest BCUT2D eigenvalue weighted by molar-refractivity contribution is 5.20. The Kier molecular flexibility index (Phi) is 2.96. The summed E-state index contributed by atoms with van der Waals surface area (Å²) in [5.74, 6) is 0. The minimum atomic E-state index is 0.527. The third kappa shape index (κ3) is 1.55. The van der Waals surface area contributed by atoms with Gasteiger partial charge in [-0.25, -0.2) is 0 Å². The number of hydrogen-bond donors (Lipinski definition) is 1. The van der Waals surface area contributed by atoms with Crippen molar-refractivity contribution in [2.45, 2.75) is 39.5 Å². The minimum absolute atomic E-state index is 0.527. The summed E-state index contributed by atoms with van der Waals surface area (Å²) in [6.45, 7) is 4.51. The van der Waals surface area contributed by atoms with Crippen LogP contribution in [-0.2, 0) is 0 Å². The summed E-state index contributed by atoms with van der Waals surface area (Å²) in [6, 6.07) is 0. The van der Waals surface area contributed by atoms with Crippen molar-refractivity contribution in [2.24, 2.45) is 11.1 Å². The van der Waals surface area contributed by atoms with Crippen LogP contribution in [0.3, 0.4) is 0 Å². The van der Waals surface area contributed by atoms with Crippen LogP contribution in [0.5, 0.6) is 0 Å². The number of nitrogens with two attached hydrogens (primary N) is 1. The highest BCUT2D eigenvalue weighted by atomic mass is 14.5. The number of allylic oxidation sites excluding steroid dienone is 3. The van der Waals surface area contributed by atoms with Crippen molar-refractivity contribution in [3.8, 4) is 0 Å². The molecule has 0 aliphatic heterocycles. The van der Waals surface area contributed by atoms with Crippen LogP contribution in [0, 0.1) is 5.41 Å². The Morgan fingerprint density at radius 3 is 2.50 bits per heavy atom. The molecule has 1 heteroatoms. The lowest BCUT2D eigenvalue weighted by molar-refractivity contribution is 0.178. The van der Waals surface area contributed by atoms with E-state index in [2.05, 4.69) is 19.9 Å². The van der Waals surface area contributed by atoms with Crippen molar-refractivity contribution in [3.05, 3.63) is 23.9 Å². The van der Waals surface area contributed by atoms with E-state index in [1.54, 1.807) is 6.20 Å². The average molecular weight is 165 g/mol. The Bertz CT molecular complexity index is 192. The summed E-state index contributed by atoms with van der Waals surface area (Å²) in [4.78, 5) is 0. The first-order chi connectivity index (χ1) is 5.75. The second-order valence-corrected chi connectivity index (χ2v) is 3.72. The van der Waals surface area contributed by atoms with Gasteiger partial charge in [0.25, 0.3) is 0 Å². The molecule has 1 aliphatic rings. The molecule has 0 spiro atoms. The molecule has 1 nitrogen and oxygen atoms in total. The Morgan fingerprint density at radius 1 is 1.50 bits per heavy atom. The van der Waals surface area contributed by atoms with E-state index in [4.69, 9.17) is 5.73 Å². The predicted molar refractivity (Wildman–Crippen MR) is 53.7 cm³/mol. The van der Waals surface area contributed by atoms with Crippen LogP contribution in [0.1, 0.15) is 39.5 Å². The normalized spacial score (nSPS) is 22.7. The van der Waals surface area contributed by atoms with Gasteiger partial charge >= 0.3 is 0 Å². The van der Waals surface area contributed by atoms with Crippen molar-refractivity contribution in [3.63, 3.8) is 0 Å². The third-order valence-electron chi connectivity index (χ3n) is 3.28. The second-order valence-electron chi connectivity index (χ2n) is 3.72. The maximum absolute atomic E-state index is 5.30. The zero-order valence-corrected chi connectivity index (χ0v) is 8.14. The molecular formula is C11H19N. The molecular weight excluding hydrogens is 146 g/mol. The SMILES string of the molecule is CCC1(/C(C)=C/C=C\N)CCC1. The second kappa shape index (κ2) is 3.79. The first-order valence-electron chi connectivity index (χ1n) is 4.81. The lowest BCUT2D eigenvalue weighted by atomic mass is 9.63. The van der Waals surface area contributed by atoms with Gasteiger partial charge in [0, 0.05) is 0 Å². The van der Waals surface area contributed by atoms with Gasteiger partial charge in [-0.05, 0) is 43.9 Å². The monoisotopic (exact) mass is 165 g/mol. The van der Waals surface area contributed by atoms with Crippen LogP contribution >= 0.6 is 0 Å². The maximum Gasteiger partial charge on any atom is -0.00624 e. The fourth-order valence-corrected chi connectivity index (χ4v) is 2.01. The van der Waals surface area contributed by atoms with Crippen LogP contribution in [0.15, 0.2) is 23.9 Å². The molecule has 0 unspecified atom stereocenters. The summed E-state index contributed by atoms with van der Waals surface area (Å²) in [5.41, 5.74) is 7.32. The van der Waals surface area contributed by atoms with E-state index in [1.165, 1.54) is 31.3 Å². The van der Waals surface area contributed by atoms with Crippen LogP contribution in [0.4, 0.5) is 0 Å². The molecule has 0 atom stereocenters. The van der Waals surface area contributed by atoms with E-state index in [0.29, 0.717) is 5.41 Å². The van der Waals surface area contributed by atoms with Gasteiger partial charge in [0.1, 0.15) is 0 Å². The topological polar surface area (TPSA) is 26.0 Å². The van der Waals surface area contributed by atoms with E-state index in [0.717, 1.165) is 0 Å². The van der Waals surface area contributed by atoms with Crippen molar-refractivity contribution < 1.29 is 0 Å². The first-order valence-corrected chi connectivity index (χ1v) is 4.81. The van der Waals surface area contributed by atoms with Crippen LogP contribution < -0.4 is 5.73 Å². The molecule has 0 aromatic rings. The molecule has 0 amide bonds. The predicted octanol–water partition coefficient (Wildman–Crippen LogP) is 2.99. The molecule has 0 aromatic carbocycles. The molecule has 12 heavy (non-hydrogen) atoms. The Morgan fingerprint density at radius 2 is 2.17 bits per heavy atom. The fourth-order valence-electron chi connectivity index (χ4n) is 2.01. The summed E-state index contributed by atoms with van der Waals surface area (Å²) >= 11 is 0. The molecule has 0 bridgehead atoms. The highest BCUT2D eigenvalue weighted by Gasteiger charge is 2.35. The van der Waals surface area contributed by atoms with E-state index >= 15 is 0 Å². The molecule has 1 rings (SSSR count). The smallest absolute Gasteiger partial charge is 0.00624 e. The maximum atomic E-state index is 5.30. The summed E-state index contributed by atoms with van der Waals surface area (Å²) in [5, 5.41) is 0. The zero-order chi connectivity index (χ0) is 9.03. The van der Waals surface area contributed by atoms with Gasteiger partial charge < -0.3 is 5.73 Å². The lowest BCUT2D eigenvalue weighted by Crippen LogP contribution is -2.29. The van der Waals surface area contributed by atoms with Gasteiger partial charge in [0.2, 0.25) is 0 Å². The standard InChI is InChI=1S/C11H19N/c1-3-11(7-5-8-11)10(2)6-4-9-12/h4,6,9H,3,5,7-8,12H2,1-2H3/b9-4-,10-6+. The molecule has 0 radical (unpaired) electrons. The Labute approximate surface area is 75.3 Å². The molecule has 1 aliphatic carbocycles. The van der Waals surface area contributed by atoms with E-state index < -0.39 is 0 Å². The van der Waals surface area contributed by atoms with Crippen LogP contribution in [0.25, 0.3) is 0 Å². The first kappa shape index (κ1) is 9.37. The van der Waals surface area contributed by atoms with Gasteiger partial charge in [0.05, 0.1) is 0 Å². The quantitative estimate of drug-likeness (QED) is 0.639. The Balaban J connectivity index is 2.65.